The van der Waals surface area contributed by atoms with Crippen molar-refractivity contribution in [3.8, 4) is 0 Å². The Morgan fingerprint density at radius 1 is 1.29 bits per heavy atom. The largest absolute Gasteiger partial charge is 0.387 e. The fourth-order valence-electron chi connectivity index (χ4n) is 1.70. The number of thioether (sulfide) groups is 1. The first kappa shape index (κ1) is 12.9. The maximum Gasteiger partial charge on any atom is 0.0894 e. The van der Waals surface area contributed by atoms with Gasteiger partial charge in [0, 0.05) is 15.2 Å². The van der Waals surface area contributed by atoms with E-state index in [1.54, 1.807) is 23.1 Å². The number of fused-ring (bicyclic) bond motifs is 1. The summed E-state index contributed by atoms with van der Waals surface area (Å²) < 4.78 is 1.42. The summed E-state index contributed by atoms with van der Waals surface area (Å²) in [5.74, 6) is 0.751. The molecule has 17 heavy (non-hydrogen) atoms. The highest BCUT2D eigenvalue weighted by Gasteiger charge is 2.17. The molecule has 1 atom stereocenters. The molecule has 0 spiro atoms. The molecule has 0 bridgehead atoms. The molecule has 0 amide bonds. The Kier molecular flexibility index (Phi) is 3.81. The molecule has 0 aliphatic rings. The highest BCUT2D eigenvalue weighted by Crippen LogP contribution is 2.33. The Morgan fingerprint density at radius 2 is 2.06 bits per heavy atom. The van der Waals surface area contributed by atoms with E-state index in [4.69, 9.17) is 0 Å². The summed E-state index contributed by atoms with van der Waals surface area (Å²) in [5, 5.41) is 13.6. The smallest absolute Gasteiger partial charge is 0.0894 e. The third kappa shape index (κ3) is 3.24. The molecule has 1 aromatic carbocycles. The third-order valence-electron chi connectivity index (χ3n) is 2.54. The van der Waals surface area contributed by atoms with Gasteiger partial charge in [-0.2, -0.15) is 11.8 Å². The van der Waals surface area contributed by atoms with Crippen LogP contribution in [0.2, 0.25) is 0 Å². The van der Waals surface area contributed by atoms with Gasteiger partial charge in [-0.15, -0.1) is 11.3 Å². The van der Waals surface area contributed by atoms with Crippen molar-refractivity contribution in [2.75, 3.05) is 5.75 Å². The maximum atomic E-state index is 10.3. The summed E-state index contributed by atoms with van der Waals surface area (Å²) in [7, 11) is 0. The predicted molar refractivity (Wildman–Crippen MR) is 79.0 cm³/mol. The van der Waals surface area contributed by atoms with Gasteiger partial charge in [-0.25, -0.2) is 0 Å². The molecule has 0 radical (unpaired) electrons. The van der Waals surface area contributed by atoms with Crippen molar-refractivity contribution in [3.05, 3.63) is 35.2 Å². The Hall–Kier alpha value is -0.510. The molecule has 0 fully saturated rings. The van der Waals surface area contributed by atoms with Crippen LogP contribution in [0.25, 0.3) is 10.1 Å². The molecular formula is C14H18OS2. The second-order valence-electron chi connectivity index (χ2n) is 5.13. The molecule has 3 heteroatoms. The summed E-state index contributed by atoms with van der Waals surface area (Å²) in [6.07, 6.45) is -0.374. The van der Waals surface area contributed by atoms with E-state index in [1.807, 2.05) is 12.1 Å². The zero-order valence-electron chi connectivity index (χ0n) is 10.4. The lowest BCUT2D eigenvalue weighted by Crippen LogP contribution is -2.12. The zero-order valence-corrected chi connectivity index (χ0v) is 12.1. The lowest BCUT2D eigenvalue weighted by Gasteiger charge is -2.20. The van der Waals surface area contributed by atoms with Crippen molar-refractivity contribution in [1.82, 2.24) is 0 Å². The first-order valence-corrected chi connectivity index (χ1v) is 7.62. The van der Waals surface area contributed by atoms with Crippen LogP contribution in [0.4, 0.5) is 0 Å². The van der Waals surface area contributed by atoms with Crippen LogP contribution >= 0.6 is 23.1 Å². The average molecular weight is 266 g/mol. The fourth-order valence-corrected chi connectivity index (χ4v) is 3.50. The van der Waals surface area contributed by atoms with Crippen LogP contribution in [0.1, 0.15) is 32.4 Å². The third-order valence-corrected chi connectivity index (χ3v) is 4.87. The zero-order chi connectivity index (χ0) is 12.5. The van der Waals surface area contributed by atoms with Gasteiger partial charge < -0.3 is 5.11 Å². The van der Waals surface area contributed by atoms with Gasteiger partial charge in [0.25, 0.3) is 0 Å². The maximum absolute atomic E-state index is 10.3. The van der Waals surface area contributed by atoms with Crippen LogP contribution in [0, 0.1) is 0 Å². The average Bonchev–Trinajstić information content (AvgIpc) is 2.72. The molecule has 1 heterocycles. The molecule has 0 saturated heterocycles. The van der Waals surface area contributed by atoms with Crippen molar-refractivity contribution in [3.63, 3.8) is 0 Å². The molecule has 1 unspecified atom stereocenters. The Balaban J connectivity index is 2.19. The molecular weight excluding hydrogens is 248 g/mol. The molecule has 0 aliphatic heterocycles. The quantitative estimate of drug-likeness (QED) is 0.884. The van der Waals surface area contributed by atoms with E-state index in [0.717, 1.165) is 11.3 Å². The summed E-state index contributed by atoms with van der Waals surface area (Å²) in [4.78, 5) is 0. The molecule has 2 rings (SSSR count). The lowest BCUT2D eigenvalue weighted by atomic mass is 10.1. The van der Waals surface area contributed by atoms with Crippen LogP contribution in [0.15, 0.2) is 29.6 Å². The molecule has 1 nitrogen and oxygen atoms in total. The normalized spacial score (nSPS) is 14.1. The van der Waals surface area contributed by atoms with E-state index in [2.05, 4.69) is 38.3 Å². The molecule has 92 valence electrons. The van der Waals surface area contributed by atoms with Gasteiger partial charge in [-0.1, -0.05) is 39.0 Å². The SMILES string of the molecule is CC(C)(C)SCC(O)c1cccc2ccsc12. The molecule has 0 saturated carbocycles. The van der Waals surface area contributed by atoms with Crippen LogP contribution in [-0.4, -0.2) is 15.6 Å². The van der Waals surface area contributed by atoms with Gasteiger partial charge in [0.1, 0.15) is 0 Å². The minimum absolute atomic E-state index is 0.199. The number of aliphatic hydroxyl groups excluding tert-OH is 1. The number of aliphatic hydroxyl groups is 1. The van der Waals surface area contributed by atoms with Gasteiger partial charge >= 0.3 is 0 Å². The Morgan fingerprint density at radius 3 is 2.76 bits per heavy atom. The second-order valence-corrected chi connectivity index (χ2v) is 7.89. The van der Waals surface area contributed by atoms with Gasteiger partial charge in [-0.05, 0) is 22.4 Å². The minimum Gasteiger partial charge on any atom is -0.387 e. The van der Waals surface area contributed by atoms with Gasteiger partial charge in [-0.3, -0.25) is 0 Å². The van der Waals surface area contributed by atoms with Crippen molar-refractivity contribution < 1.29 is 5.11 Å². The second kappa shape index (κ2) is 5.01. The van der Waals surface area contributed by atoms with Crippen LogP contribution in [-0.2, 0) is 0 Å². The topological polar surface area (TPSA) is 20.2 Å². The lowest BCUT2D eigenvalue weighted by molar-refractivity contribution is 0.205. The Bertz CT molecular complexity index is 496. The summed E-state index contributed by atoms with van der Waals surface area (Å²) in [6, 6.07) is 8.26. The number of rotatable bonds is 3. The predicted octanol–water partition coefficient (Wildman–Crippen LogP) is 4.47. The van der Waals surface area contributed by atoms with Gasteiger partial charge in [0.2, 0.25) is 0 Å². The number of hydrogen-bond acceptors (Lipinski definition) is 3. The van der Waals surface area contributed by atoms with Gasteiger partial charge in [0.05, 0.1) is 6.10 Å². The molecule has 1 N–H and O–H groups in total. The highest BCUT2D eigenvalue weighted by molar-refractivity contribution is 8.00. The Labute approximate surface area is 111 Å². The van der Waals surface area contributed by atoms with Crippen molar-refractivity contribution in [2.24, 2.45) is 0 Å². The number of hydrogen-bond donors (Lipinski definition) is 1. The van der Waals surface area contributed by atoms with Gasteiger partial charge in [0.15, 0.2) is 0 Å². The monoisotopic (exact) mass is 266 g/mol. The summed E-state index contributed by atoms with van der Waals surface area (Å²) in [6.45, 7) is 6.53. The molecule has 0 aliphatic carbocycles. The van der Waals surface area contributed by atoms with E-state index in [-0.39, 0.29) is 10.9 Å². The molecule has 2 aromatic rings. The summed E-state index contributed by atoms with van der Waals surface area (Å²) >= 11 is 3.51. The first-order chi connectivity index (χ1) is 7.97. The standard InChI is InChI=1S/C14H18OS2/c1-14(2,3)17-9-12(15)11-6-4-5-10-7-8-16-13(10)11/h4-8,12,15H,9H2,1-3H3. The number of benzene rings is 1. The first-order valence-electron chi connectivity index (χ1n) is 5.75. The van der Waals surface area contributed by atoms with Crippen molar-refractivity contribution in [1.29, 1.82) is 0 Å². The van der Waals surface area contributed by atoms with Crippen LogP contribution in [0.3, 0.4) is 0 Å². The van der Waals surface area contributed by atoms with Crippen molar-refractivity contribution in [2.45, 2.75) is 31.6 Å². The molecule has 1 aromatic heterocycles. The highest BCUT2D eigenvalue weighted by atomic mass is 32.2. The van der Waals surface area contributed by atoms with E-state index < -0.39 is 0 Å². The van der Waals surface area contributed by atoms with E-state index in [0.29, 0.717) is 0 Å². The van der Waals surface area contributed by atoms with Crippen LogP contribution in [0.5, 0.6) is 0 Å². The minimum atomic E-state index is -0.374. The number of thiophene rings is 1. The summed E-state index contributed by atoms with van der Waals surface area (Å²) in [5.41, 5.74) is 1.06. The fraction of sp³-hybridized carbons (Fsp3) is 0.429. The van der Waals surface area contributed by atoms with Crippen LogP contribution < -0.4 is 0 Å². The van der Waals surface area contributed by atoms with E-state index in [9.17, 15) is 5.11 Å². The van der Waals surface area contributed by atoms with E-state index in [1.165, 1.54) is 10.1 Å². The van der Waals surface area contributed by atoms with Crippen molar-refractivity contribution >= 4 is 33.2 Å². The van der Waals surface area contributed by atoms with E-state index >= 15 is 0 Å².